The number of halogens is 4. The van der Waals surface area contributed by atoms with Gasteiger partial charge in [-0.25, -0.2) is 13.2 Å². The van der Waals surface area contributed by atoms with Crippen LogP contribution < -0.4 is 10.6 Å². The molecule has 2 aliphatic rings. The van der Waals surface area contributed by atoms with Crippen LogP contribution in [0, 0.1) is 11.7 Å². The van der Waals surface area contributed by atoms with Crippen LogP contribution in [0.1, 0.15) is 43.0 Å². The van der Waals surface area contributed by atoms with Crippen LogP contribution in [0.4, 0.5) is 24.5 Å². The van der Waals surface area contributed by atoms with Gasteiger partial charge in [0, 0.05) is 56.8 Å². The van der Waals surface area contributed by atoms with Crippen molar-refractivity contribution in [3.63, 3.8) is 0 Å². The number of Topliss-reactive ketones (excluding diaryl/α,β-unsaturated/α-hetero) is 1. The number of likely N-dealkylation sites (tertiary alicyclic amines) is 1. The third-order valence-electron chi connectivity index (χ3n) is 8.87. The molecule has 1 aliphatic heterocycles. The zero-order valence-corrected chi connectivity index (χ0v) is 26.2. The number of aromatic nitrogens is 1. The number of ketones is 1. The van der Waals surface area contributed by atoms with Crippen molar-refractivity contribution in [3.8, 4) is 11.1 Å². The predicted molar refractivity (Wildman–Crippen MR) is 173 cm³/mol. The molecule has 2 N–H and O–H groups in total. The average Bonchev–Trinajstić information content (AvgIpc) is 3.75. The second kappa shape index (κ2) is 13.2. The molecule has 3 aromatic carbocycles. The highest BCUT2D eigenvalue weighted by Crippen LogP contribution is 2.34. The molecule has 4 aromatic rings. The summed E-state index contributed by atoms with van der Waals surface area (Å²) in [6.45, 7) is 0.748. The minimum atomic E-state index is -1.47. The molecule has 8 nitrogen and oxygen atoms in total. The number of nitrogens with one attached hydrogen (secondary N) is 2. The molecule has 2 fully saturated rings. The molecule has 47 heavy (non-hydrogen) atoms. The monoisotopic (exact) mass is 664 g/mol. The Balaban J connectivity index is 1.20. The molecule has 1 saturated carbocycles. The molecule has 12 heteroatoms. The van der Waals surface area contributed by atoms with Crippen LogP contribution in [0.5, 0.6) is 0 Å². The van der Waals surface area contributed by atoms with Crippen molar-refractivity contribution in [2.24, 2.45) is 5.92 Å². The zero-order chi connectivity index (χ0) is 33.4. The second-order valence-electron chi connectivity index (χ2n) is 12.1. The van der Waals surface area contributed by atoms with Crippen LogP contribution >= 0.6 is 11.6 Å². The topological polar surface area (TPSA) is 101 Å². The minimum Gasteiger partial charge on any atom is -0.337 e. The molecule has 0 spiro atoms. The van der Waals surface area contributed by atoms with Gasteiger partial charge in [0.2, 0.25) is 17.7 Å². The number of amides is 3. The van der Waals surface area contributed by atoms with Gasteiger partial charge in [0.1, 0.15) is 24.9 Å². The Morgan fingerprint density at radius 3 is 2.38 bits per heavy atom. The van der Waals surface area contributed by atoms with E-state index in [1.807, 2.05) is 0 Å². The van der Waals surface area contributed by atoms with E-state index in [0.717, 1.165) is 4.90 Å². The lowest BCUT2D eigenvalue weighted by Crippen LogP contribution is -2.44. The molecule has 3 amide bonds. The largest absolute Gasteiger partial charge is 0.337 e. The van der Waals surface area contributed by atoms with Crippen LogP contribution in [0.2, 0.25) is 5.02 Å². The summed E-state index contributed by atoms with van der Waals surface area (Å²) >= 11 is 6.25. The summed E-state index contributed by atoms with van der Waals surface area (Å²) in [6.07, 6.45) is -0.239. The second-order valence-corrected chi connectivity index (χ2v) is 12.5. The van der Waals surface area contributed by atoms with Crippen LogP contribution in [0.25, 0.3) is 22.0 Å². The van der Waals surface area contributed by atoms with E-state index < -0.39 is 41.9 Å². The highest BCUT2D eigenvalue weighted by atomic mass is 35.5. The predicted octanol–water partition coefficient (Wildman–Crippen LogP) is 6.96. The van der Waals surface area contributed by atoms with Crippen molar-refractivity contribution >= 4 is 57.4 Å². The summed E-state index contributed by atoms with van der Waals surface area (Å²) in [6, 6.07) is 14.9. The highest BCUT2D eigenvalue weighted by Gasteiger charge is 2.40. The van der Waals surface area contributed by atoms with Crippen molar-refractivity contribution in [2.75, 3.05) is 17.2 Å². The maximum atomic E-state index is 15.5. The van der Waals surface area contributed by atoms with Gasteiger partial charge in [0.05, 0.1) is 12.2 Å². The molecule has 1 saturated heterocycles. The standard InChI is InChI=1S/C35H32ClF3N4O4/c1-19(44)27-17-42(30-12-11-23(15-26(27)30)40-34(46)20-9-10-21(37)13-20)18-32(45)43-16-22(38)14-31(43)35(47)41-29-8-4-6-25(33(29)39)24-5-2-3-7-28(24)36/h2-8,11-12,15,17,20-22,31H,9-10,13-14,16,18H2,1H3,(H,40,46)(H,41,47). The van der Waals surface area contributed by atoms with Crippen LogP contribution in [-0.4, -0.2) is 57.9 Å². The Labute approximate surface area is 273 Å². The normalized spacial score (nSPS) is 20.8. The molecule has 4 unspecified atom stereocenters. The molecule has 4 atom stereocenters. The molecule has 0 bridgehead atoms. The third-order valence-corrected chi connectivity index (χ3v) is 9.20. The number of hydrogen-bond acceptors (Lipinski definition) is 4. The molecule has 1 aliphatic carbocycles. The summed E-state index contributed by atoms with van der Waals surface area (Å²) in [4.78, 5) is 53.3. The van der Waals surface area contributed by atoms with Crippen molar-refractivity contribution in [2.45, 2.75) is 57.5 Å². The van der Waals surface area contributed by atoms with Gasteiger partial charge in [-0.15, -0.1) is 0 Å². The first kappa shape index (κ1) is 32.3. The van der Waals surface area contributed by atoms with Gasteiger partial charge in [-0.05, 0) is 56.5 Å². The summed E-state index contributed by atoms with van der Waals surface area (Å²) in [5.74, 6) is -3.02. The quantitative estimate of drug-likeness (QED) is 0.199. The SMILES string of the molecule is CC(=O)c1cn(CC(=O)N2CC(F)CC2C(=O)Nc2cccc(-c3ccccc3Cl)c2F)c2ccc(NC(=O)C3CCC(F)C3)cc12. The highest BCUT2D eigenvalue weighted by molar-refractivity contribution is 6.33. The smallest absolute Gasteiger partial charge is 0.247 e. The van der Waals surface area contributed by atoms with Gasteiger partial charge in [0.25, 0.3) is 0 Å². The lowest BCUT2D eigenvalue weighted by atomic mass is 10.0. The number of fused-ring (bicyclic) bond motifs is 1. The minimum absolute atomic E-state index is 0.134. The van der Waals surface area contributed by atoms with Gasteiger partial charge >= 0.3 is 0 Å². The molecule has 6 rings (SSSR count). The van der Waals surface area contributed by atoms with Crippen molar-refractivity contribution in [1.29, 1.82) is 0 Å². The molecular weight excluding hydrogens is 633 g/mol. The van der Waals surface area contributed by atoms with Crippen LogP contribution in [-0.2, 0) is 20.9 Å². The number of nitrogens with zero attached hydrogens (tertiary/aromatic N) is 2. The maximum absolute atomic E-state index is 15.5. The number of benzene rings is 3. The zero-order valence-electron chi connectivity index (χ0n) is 25.4. The maximum Gasteiger partial charge on any atom is 0.247 e. The number of carbonyl (C=O) groups is 4. The lowest BCUT2D eigenvalue weighted by molar-refractivity contribution is -0.137. The fourth-order valence-corrected chi connectivity index (χ4v) is 6.71. The van der Waals surface area contributed by atoms with Crippen LogP contribution in [0.3, 0.4) is 0 Å². The Morgan fingerprint density at radius 1 is 0.894 bits per heavy atom. The first-order chi connectivity index (χ1) is 22.5. The Bertz CT molecular complexity index is 1900. The van der Waals surface area contributed by atoms with Gasteiger partial charge in [-0.2, -0.15) is 0 Å². The third kappa shape index (κ3) is 6.62. The van der Waals surface area contributed by atoms with Gasteiger partial charge in [0.15, 0.2) is 11.6 Å². The summed E-state index contributed by atoms with van der Waals surface area (Å²) in [5.41, 5.74) is 1.73. The van der Waals surface area contributed by atoms with Gasteiger partial charge < -0.3 is 20.1 Å². The van der Waals surface area contributed by atoms with Gasteiger partial charge in [-0.3, -0.25) is 19.2 Å². The Kier molecular flexibility index (Phi) is 9.09. The number of alkyl halides is 2. The number of carbonyl (C=O) groups excluding carboxylic acids is 4. The van der Waals surface area contributed by atoms with Gasteiger partial charge in [-0.1, -0.05) is 41.9 Å². The van der Waals surface area contributed by atoms with Crippen molar-refractivity contribution < 1.29 is 32.3 Å². The fraction of sp³-hybridized carbons (Fsp3) is 0.314. The first-order valence-corrected chi connectivity index (χ1v) is 15.7. The first-order valence-electron chi connectivity index (χ1n) is 15.4. The molecule has 2 heterocycles. The average molecular weight is 665 g/mol. The Hall–Kier alpha value is -4.64. The van der Waals surface area contributed by atoms with E-state index in [-0.39, 0.29) is 48.9 Å². The summed E-state index contributed by atoms with van der Waals surface area (Å²) < 4.78 is 45.4. The Morgan fingerprint density at radius 2 is 1.66 bits per heavy atom. The van der Waals surface area contributed by atoms with E-state index >= 15 is 4.39 Å². The lowest BCUT2D eigenvalue weighted by Gasteiger charge is -2.24. The number of hydrogen-bond donors (Lipinski definition) is 2. The summed E-state index contributed by atoms with van der Waals surface area (Å²) in [7, 11) is 0. The van der Waals surface area contributed by atoms with E-state index in [1.165, 1.54) is 29.8 Å². The molecule has 1 aromatic heterocycles. The molecule has 0 radical (unpaired) electrons. The molecular formula is C35H32ClF3N4O4. The molecule has 244 valence electrons. The van der Waals surface area contributed by atoms with E-state index in [0.29, 0.717) is 45.6 Å². The van der Waals surface area contributed by atoms with E-state index in [9.17, 15) is 28.0 Å². The summed E-state index contributed by atoms with van der Waals surface area (Å²) in [5, 5.41) is 6.14. The number of anilines is 2. The van der Waals surface area contributed by atoms with Crippen molar-refractivity contribution in [1.82, 2.24) is 9.47 Å². The van der Waals surface area contributed by atoms with Crippen LogP contribution in [0.15, 0.2) is 66.9 Å². The van der Waals surface area contributed by atoms with E-state index in [1.54, 1.807) is 48.5 Å². The van der Waals surface area contributed by atoms with E-state index in [4.69, 9.17) is 11.6 Å². The van der Waals surface area contributed by atoms with E-state index in [2.05, 4.69) is 10.6 Å². The number of rotatable bonds is 8. The van der Waals surface area contributed by atoms with Crippen molar-refractivity contribution in [3.05, 3.63) is 83.3 Å². The fourth-order valence-electron chi connectivity index (χ4n) is 6.47.